The molecule has 3 N–H and O–H groups in total. The molecule has 0 spiro atoms. The lowest BCUT2D eigenvalue weighted by Crippen LogP contribution is -2.48. The first-order chi connectivity index (χ1) is 10.9. The van der Waals surface area contributed by atoms with Crippen molar-refractivity contribution in [2.45, 2.75) is 26.3 Å². The molecule has 0 bridgehead atoms. The zero-order valence-electron chi connectivity index (χ0n) is 13.2. The van der Waals surface area contributed by atoms with Crippen LogP contribution >= 0.6 is 0 Å². The lowest BCUT2D eigenvalue weighted by molar-refractivity contribution is -0.127. The molecule has 2 amide bonds. The van der Waals surface area contributed by atoms with Crippen LogP contribution in [0.2, 0.25) is 0 Å². The smallest absolute Gasteiger partial charge is 0.405 e. The van der Waals surface area contributed by atoms with Gasteiger partial charge in [0.15, 0.2) is 5.78 Å². The summed E-state index contributed by atoms with van der Waals surface area (Å²) in [7, 11) is 0. The lowest BCUT2D eigenvalue weighted by Gasteiger charge is -2.18. The highest BCUT2D eigenvalue weighted by atomic mass is 16.5. The van der Waals surface area contributed by atoms with Crippen molar-refractivity contribution in [1.82, 2.24) is 10.6 Å². The summed E-state index contributed by atoms with van der Waals surface area (Å²) in [6.07, 6.45) is -0.920. The maximum Gasteiger partial charge on any atom is 0.405 e. The molecular weight excluding hydrogens is 300 g/mol. The summed E-state index contributed by atoms with van der Waals surface area (Å²) in [5, 5.41) is 13.3. The second-order valence-corrected chi connectivity index (χ2v) is 5.49. The van der Waals surface area contributed by atoms with E-state index in [1.807, 2.05) is 19.9 Å². The number of Topliss-reactive ketones (excluding diaryl/α,β-unsaturated/α-hetero) is 1. The minimum atomic E-state index is -1.27. The van der Waals surface area contributed by atoms with E-state index in [0.29, 0.717) is 12.2 Å². The van der Waals surface area contributed by atoms with E-state index >= 15 is 0 Å². The van der Waals surface area contributed by atoms with Crippen molar-refractivity contribution in [3.63, 3.8) is 0 Å². The monoisotopic (exact) mass is 322 g/mol. The molecule has 0 heterocycles. The number of carboxylic acid groups (broad SMARTS) is 1. The van der Waals surface area contributed by atoms with Crippen molar-refractivity contribution < 1.29 is 24.2 Å². The van der Waals surface area contributed by atoms with Gasteiger partial charge in [0.25, 0.3) is 0 Å². The van der Waals surface area contributed by atoms with Crippen LogP contribution in [-0.4, -0.2) is 42.1 Å². The van der Waals surface area contributed by atoms with Crippen LogP contribution in [0, 0.1) is 5.92 Å². The number of ketones is 1. The molecule has 126 valence electrons. The summed E-state index contributed by atoms with van der Waals surface area (Å²) in [5.74, 6) is -0.123. The van der Waals surface area contributed by atoms with Gasteiger partial charge in [0.2, 0.25) is 5.91 Å². The van der Waals surface area contributed by atoms with Gasteiger partial charge >= 0.3 is 6.09 Å². The zero-order valence-corrected chi connectivity index (χ0v) is 13.2. The Kier molecular flexibility index (Phi) is 7.59. The van der Waals surface area contributed by atoms with Gasteiger partial charge in [0.05, 0.1) is 6.54 Å². The molecule has 0 aromatic heterocycles. The molecule has 0 saturated carbocycles. The number of carbonyl (C=O) groups is 3. The number of carbonyl (C=O) groups excluding carboxylic acids is 2. The van der Waals surface area contributed by atoms with Gasteiger partial charge in [-0.3, -0.25) is 9.59 Å². The molecule has 1 aromatic carbocycles. The predicted molar refractivity (Wildman–Crippen MR) is 84.4 cm³/mol. The van der Waals surface area contributed by atoms with E-state index in [1.54, 1.807) is 24.3 Å². The van der Waals surface area contributed by atoms with E-state index in [4.69, 9.17) is 9.84 Å². The largest absolute Gasteiger partial charge is 0.486 e. The van der Waals surface area contributed by atoms with Gasteiger partial charge in [-0.2, -0.15) is 0 Å². The summed E-state index contributed by atoms with van der Waals surface area (Å²) >= 11 is 0. The summed E-state index contributed by atoms with van der Waals surface area (Å²) in [6.45, 7) is 3.39. The van der Waals surface area contributed by atoms with Gasteiger partial charge in [0.1, 0.15) is 18.4 Å². The van der Waals surface area contributed by atoms with Crippen molar-refractivity contribution in [2.24, 2.45) is 5.92 Å². The van der Waals surface area contributed by atoms with Gasteiger partial charge in [0, 0.05) is 0 Å². The number of hydrogen-bond donors (Lipinski definition) is 3. The molecular formula is C16H22N2O5. The number of hydrogen-bond acceptors (Lipinski definition) is 4. The Morgan fingerprint density at radius 1 is 1.17 bits per heavy atom. The van der Waals surface area contributed by atoms with Crippen molar-refractivity contribution in [3.05, 3.63) is 30.3 Å². The maximum absolute atomic E-state index is 12.0. The van der Waals surface area contributed by atoms with E-state index in [2.05, 4.69) is 10.6 Å². The third kappa shape index (κ3) is 7.85. The number of ether oxygens (including phenoxy) is 1. The maximum atomic E-state index is 12.0. The second-order valence-electron chi connectivity index (χ2n) is 5.49. The molecule has 0 saturated heterocycles. The first kappa shape index (κ1) is 18.5. The first-order valence-corrected chi connectivity index (χ1v) is 7.35. The van der Waals surface area contributed by atoms with Crippen LogP contribution in [0.25, 0.3) is 0 Å². The average molecular weight is 322 g/mol. The minimum absolute atomic E-state index is 0.134. The molecule has 0 aliphatic carbocycles. The Balaban J connectivity index is 2.39. The highest BCUT2D eigenvalue weighted by Crippen LogP contribution is 2.08. The molecule has 0 fully saturated rings. The lowest BCUT2D eigenvalue weighted by atomic mass is 10.0. The molecule has 1 rings (SSSR count). The van der Waals surface area contributed by atoms with E-state index in [9.17, 15) is 14.4 Å². The highest BCUT2D eigenvalue weighted by Gasteiger charge is 2.22. The van der Waals surface area contributed by atoms with Gasteiger partial charge in [-0.05, 0) is 24.5 Å². The van der Waals surface area contributed by atoms with E-state index in [0.717, 1.165) is 0 Å². The van der Waals surface area contributed by atoms with Crippen LogP contribution in [-0.2, 0) is 9.59 Å². The Labute approximate surface area is 135 Å². The van der Waals surface area contributed by atoms with Gasteiger partial charge in [-0.25, -0.2) is 4.79 Å². The van der Waals surface area contributed by atoms with E-state index in [-0.39, 0.29) is 24.9 Å². The fourth-order valence-electron chi connectivity index (χ4n) is 1.89. The van der Waals surface area contributed by atoms with Crippen LogP contribution in [0.5, 0.6) is 5.75 Å². The molecule has 23 heavy (non-hydrogen) atoms. The molecule has 7 nitrogen and oxygen atoms in total. The number of rotatable bonds is 9. The standard InChI is InChI=1S/C16H22N2O5/c1-11(2)8-14(18-16(21)22)15(20)17-9-12(19)10-23-13-6-4-3-5-7-13/h3-7,11,14,18H,8-10H2,1-2H3,(H,17,20)(H,21,22). The number of amides is 2. The molecule has 7 heteroatoms. The fourth-order valence-corrected chi connectivity index (χ4v) is 1.89. The van der Waals surface area contributed by atoms with Gasteiger partial charge in [-0.15, -0.1) is 0 Å². The van der Waals surface area contributed by atoms with Gasteiger partial charge in [-0.1, -0.05) is 32.0 Å². The first-order valence-electron chi connectivity index (χ1n) is 7.35. The molecule has 1 unspecified atom stereocenters. The van der Waals surface area contributed by atoms with Crippen molar-refractivity contribution in [1.29, 1.82) is 0 Å². The predicted octanol–water partition coefficient (Wildman–Crippen LogP) is 1.43. The van der Waals surface area contributed by atoms with Gasteiger partial charge < -0.3 is 20.5 Å². The van der Waals surface area contributed by atoms with Crippen molar-refractivity contribution >= 4 is 17.8 Å². The van der Waals surface area contributed by atoms with Crippen LogP contribution in [0.15, 0.2) is 30.3 Å². The zero-order chi connectivity index (χ0) is 17.2. The van der Waals surface area contributed by atoms with Crippen LogP contribution in [0.3, 0.4) is 0 Å². The molecule has 0 aliphatic heterocycles. The summed E-state index contributed by atoms with van der Waals surface area (Å²) < 4.78 is 5.28. The van der Waals surface area contributed by atoms with Crippen LogP contribution < -0.4 is 15.4 Å². The normalized spacial score (nSPS) is 11.6. The molecule has 0 aliphatic rings. The minimum Gasteiger partial charge on any atom is -0.486 e. The van der Waals surface area contributed by atoms with Crippen LogP contribution in [0.4, 0.5) is 4.79 Å². The summed E-state index contributed by atoms with van der Waals surface area (Å²) in [6, 6.07) is 7.98. The number of para-hydroxylation sites is 1. The summed E-state index contributed by atoms with van der Waals surface area (Å²) in [5.41, 5.74) is 0. The molecule has 1 aromatic rings. The van der Waals surface area contributed by atoms with Crippen molar-refractivity contribution in [2.75, 3.05) is 13.2 Å². The third-order valence-corrected chi connectivity index (χ3v) is 2.92. The van der Waals surface area contributed by atoms with Crippen LogP contribution in [0.1, 0.15) is 20.3 Å². The molecule has 0 radical (unpaired) electrons. The summed E-state index contributed by atoms with van der Waals surface area (Å²) in [4.78, 5) is 34.4. The second kappa shape index (κ2) is 9.45. The Bertz CT molecular complexity index is 531. The van der Waals surface area contributed by atoms with E-state index < -0.39 is 18.0 Å². The SMILES string of the molecule is CC(C)CC(NC(=O)O)C(=O)NCC(=O)COc1ccccc1. The quantitative estimate of drug-likeness (QED) is 0.638. The Morgan fingerprint density at radius 2 is 1.83 bits per heavy atom. The Hall–Kier alpha value is -2.57. The fraction of sp³-hybridized carbons (Fsp3) is 0.438. The Morgan fingerprint density at radius 3 is 2.39 bits per heavy atom. The molecule has 1 atom stereocenters. The topological polar surface area (TPSA) is 105 Å². The highest BCUT2D eigenvalue weighted by molar-refractivity contribution is 5.90. The number of benzene rings is 1. The van der Waals surface area contributed by atoms with Crippen molar-refractivity contribution in [3.8, 4) is 5.75 Å². The average Bonchev–Trinajstić information content (AvgIpc) is 2.50. The van der Waals surface area contributed by atoms with E-state index in [1.165, 1.54) is 0 Å². The third-order valence-electron chi connectivity index (χ3n) is 2.92. The number of nitrogens with one attached hydrogen (secondary N) is 2.